The van der Waals surface area contributed by atoms with Crippen molar-refractivity contribution in [3.63, 3.8) is 0 Å². The third kappa shape index (κ3) is 8.96. The van der Waals surface area contributed by atoms with Crippen LogP contribution < -0.4 is 0 Å². The van der Waals surface area contributed by atoms with Gasteiger partial charge in [0, 0.05) is 0 Å². The lowest BCUT2D eigenvalue weighted by Gasteiger charge is -2.23. The van der Waals surface area contributed by atoms with Gasteiger partial charge in [-0.25, -0.2) is 0 Å². The lowest BCUT2D eigenvalue weighted by molar-refractivity contribution is -0.160. The highest BCUT2D eigenvalue weighted by atomic mass is 16.6. The van der Waals surface area contributed by atoms with Crippen molar-refractivity contribution in [2.24, 2.45) is 5.92 Å². The number of carbonyl (C=O) groups excluding carboxylic acids is 1. The van der Waals surface area contributed by atoms with E-state index >= 15 is 0 Å². The molecule has 1 atom stereocenters. The van der Waals surface area contributed by atoms with Crippen LogP contribution in [0.3, 0.4) is 0 Å². The Labute approximate surface area is 106 Å². The van der Waals surface area contributed by atoms with Crippen molar-refractivity contribution in [2.75, 3.05) is 0 Å². The number of hydrogen-bond acceptors (Lipinski definition) is 2. The highest BCUT2D eigenvalue weighted by molar-refractivity contribution is 5.72. The first-order chi connectivity index (χ1) is 7.90. The predicted molar refractivity (Wildman–Crippen MR) is 72.9 cm³/mol. The molecular weight excluding hydrogens is 212 g/mol. The number of rotatable bonds is 7. The molecule has 0 aliphatic rings. The first kappa shape index (κ1) is 16.2. The van der Waals surface area contributed by atoms with E-state index in [1.807, 2.05) is 27.7 Å². The van der Waals surface area contributed by atoms with Gasteiger partial charge >= 0.3 is 5.97 Å². The normalized spacial score (nSPS) is 13.9. The maximum absolute atomic E-state index is 12.0. The van der Waals surface area contributed by atoms with Gasteiger partial charge < -0.3 is 4.74 Å². The minimum absolute atomic E-state index is 0.0279. The summed E-state index contributed by atoms with van der Waals surface area (Å²) in [6, 6.07) is 0. The van der Waals surface area contributed by atoms with Gasteiger partial charge in [0.25, 0.3) is 0 Å². The molecule has 0 heterocycles. The SMILES string of the molecule is C/C=C/CCCC(CCC)C(=O)OC(C)(C)C. The zero-order valence-electron chi connectivity index (χ0n) is 12.1. The molecule has 0 aliphatic heterocycles. The number of hydrogen-bond donors (Lipinski definition) is 0. The fourth-order valence-corrected chi connectivity index (χ4v) is 1.76. The van der Waals surface area contributed by atoms with Crippen molar-refractivity contribution in [1.29, 1.82) is 0 Å². The highest BCUT2D eigenvalue weighted by Gasteiger charge is 2.23. The summed E-state index contributed by atoms with van der Waals surface area (Å²) in [6.07, 6.45) is 9.24. The van der Waals surface area contributed by atoms with E-state index in [1.54, 1.807) is 0 Å². The standard InChI is InChI=1S/C15H28O2/c1-6-8-9-10-12-13(11-7-2)14(16)17-15(3,4)5/h6,8,13H,7,9-12H2,1-5H3/b8-6+. The highest BCUT2D eigenvalue weighted by Crippen LogP contribution is 2.20. The summed E-state index contributed by atoms with van der Waals surface area (Å²) in [7, 11) is 0. The van der Waals surface area contributed by atoms with E-state index in [2.05, 4.69) is 19.1 Å². The zero-order chi connectivity index (χ0) is 13.3. The average Bonchev–Trinajstić information content (AvgIpc) is 2.20. The van der Waals surface area contributed by atoms with Gasteiger partial charge in [0.05, 0.1) is 5.92 Å². The number of unbranched alkanes of at least 4 members (excludes halogenated alkanes) is 1. The molecule has 1 unspecified atom stereocenters. The lowest BCUT2D eigenvalue weighted by atomic mass is 9.96. The summed E-state index contributed by atoms with van der Waals surface area (Å²) in [5.74, 6) is 0.0457. The number of allylic oxidation sites excluding steroid dienone is 2. The Bertz CT molecular complexity index is 236. The van der Waals surface area contributed by atoms with Crippen molar-refractivity contribution in [1.82, 2.24) is 0 Å². The third-order valence-electron chi connectivity index (χ3n) is 2.54. The molecular formula is C15H28O2. The zero-order valence-corrected chi connectivity index (χ0v) is 12.1. The topological polar surface area (TPSA) is 26.3 Å². The summed E-state index contributed by atoms with van der Waals surface area (Å²) in [6.45, 7) is 9.91. The van der Waals surface area contributed by atoms with Gasteiger partial charge in [0.2, 0.25) is 0 Å². The van der Waals surface area contributed by atoms with Crippen LogP contribution >= 0.6 is 0 Å². The molecule has 2 heteroatoms. The molecule has 0 aromatic rings. The molecule has 0 rings (SSSR count). The van der Waals surface area contributed by atoms with Crippen LogP contribution in [0.1, 0.15) is 66.7 Å². The molecule has 0 saturated carbocycles. The van der Waals surface area contributed by atoms with E-state index in [9.17, 15) is 4.79 Å². The smallest absolute Gasteiger partial charge is 0.309 e. The van der Waals surface area contributed by atoms with Crippen LogP contribution in [0.2, 0.25) is 0 Å². The Morgan fingerprint density at radius 1 is 1.29 bits per heavy atom. The van der Waals surface area contributed by atoms with Gasteiger partial charge in [-0.15, -0.1) is 0 Å². The van der Waals surface area contributed by atoms with E-state index in [0.717, 1.165) is 32.1 Å². The van der Waals surface area contributed by atoms with E-state index in [1.165, 1.54) is 0 Å². The van der Waals surface area contributed by atoms with Gasteiger partial charge in [-0.3, -0.25) is 4.79 Å². The second-order valence-electron chi connectivity index (χ2n) is 5.52. The maximum atomic E-state index is 12.0. The Morgan fingerprint density at radius 3 is 2.41 bits per heavy atom. The van der Waals surface area contributed by atoms with Crippen LogP contribution in [-0.4, -0.2) is 11.6 Å². The fourth-order valence-electron chi connectivity index (χ4n) is 1.76. The molecule has 100 valence electrons. The number of carbonyl (C=O) groups is 1. The van der Waals surface area contributed by atoms with Crippen molar-refractivity contribution in [3.05, 3.63) is 12.2 Å². The number of esters is 1. The molecule has 0 N–H and O–H groups in total. The maximum Gasteiger partial charge on any atom is 0.309 e. The van der Waals surface area contributed by atoms with Gasteiger partial charge in [0.1, 0.15) is 5.60 Å². The molecule has 0 radical (unpaired) electrons. The molecule has 0 saturated heterocycles. The van der Waals surface area contributed by atoms with Crippen LogP contribution in [0.15, 0.2) is 12.2 Å². The van der Waals surface area contributed by atoms with Crippen LogP contribution in [0.5, 0.6) is 0 Å². The summed E-state index contributed by atoms with van der Waals surface area (Å²) >= 11 is 0. The molecule has 2 nitrogen and oxygen atoms in total. The van der Waals surface area contributed by atoms with E-state index in [4.69, 9.17) is 4.74 Å². The molecule has 0 amide bonds. The van der Waals surface area contributed by atoms with E-state index in [0.29, 0.717) is 0 Å². The Kier molecular flexibility index (Phi) is 7.94. The molecule has 0 aliphatic carbocycles. The quantitative estimate of drug-likeness (QED) is 0.372. The Hall–Kier alpha value is -0.790. The van der Waals surface area contributed by atoms with Crippen molar-refractivity contribution < 1.29 is 9.53 Å². The monoisotopic (exact) mass is 240 g/mol. The van der Waals surface area contributed by atoms with Gasteiger partial charge in [-0.2, -0.15) is 0 Å². The Morgan fingerprint density at radius 2 is 1.94 bits per heavy atom. The van der Waals surface area contributed by atoms with Gasteiger partial charge in [-0.1, -0.05) is 25.5 Å². The first-order valence-electron chi connectivity index (χ1n) is 6.74. The predicted octanol–water partition coefficient (Wildman–Crippen LogP) is 4.49. The van der Waals surface area contributed by atoms with Crippen LogP contribution in [0.25, 0.3) is 0 Å². The molecule has 17 heavy (non-hydrogen) atoms. The minimum atomic E-state index is -0.369. The summed E-state index contributed by atoms with van der Waals surface area (Å²) in [4.78, 5) is 12.0. The molecule has 0 aromatic carbocycles. The van der Waals surface area contributed by atoms with Crippen LogP contribution in [0, 0.1) is 5.92 Å². The van der Waals surface area contributed by atoms with Crippen molar-refractivity contribution >= 4 is 5.97 Å². The minimum Gasteiger partial charge on any atom is -0.460 e. The average molecular weight is 240 g/mol. The molecule has 0 aromatic heterocycles. The summed E-state index contributed by atoms with van der Waals surface area (Å²) < 4.78 is 5.45. The summed E-state index contributed by atoms with van der Waals surface area (Å²) in [5.41, 5.74) is -0.369. The fraction of sp³-hybridized carbons (Fsp3) is 0.800. The third-order valence-corrected chi connectivity index (χ3v) is 2.54. The molecule has 0 fully saturated rings. The Balaban J connectivity index is 4.16. The van der Waals surface area contributed by atoms with Gasteiger partial charge in [-0.05, 0) is 53.4 Å². The van der Waals surface area contributed by atoms with Crippen LogP contribution in [-0.2, 0) is 9.53 Å². The second kappa shape index (κ2) is 8.32. The lowest BCUT2D eigenvalue weighted by Crippen LogP contribution is -2.28. The van der Waals surface area contributed by atoms with Gasteiger partial charge in [0.15, 0.2) is 0 Å². The van der Waals surface area contributed by atoms with Crippen LogP contribution in [0.4, 0.5) is 0 Å². The van der Waals surface area contributed by atoms with E-state index in [-0.39, 0.29) is 17.5 Å². The first-order valence-corrected chi connectivity index (χ1v) is 6.74. The molecule has 0 bridgehead atoms. The van der Waals surface area contributed by atoms with Crippen molar-refractivity contribution in [3.8, 4) is 0 Å². The van der Waals surface area contributed by atoms with E-state index < -0.39 is 0 Å². The van der Waals surface area contributed by atoms with Crippen molar-refractivity contribution in [2.45, 2.75) is 72.3 Å². The largest absolute Gasteiger partial charge is 0.460 e. The second-order valence-corrected chi connectivity index (χ2v) is 5.52. The molecule has 0 spiro atoms. The summed E-state index contributed by atoms with van der Waals surface area (Å²) in [5, 5.41) is 0. The number of ether oxygens (including phenoxy) is 1.